The molecule has 0 bridgehead atoms. The second kappa shape index (κ2) is 10.8. The Bertz CT molecular complexity index is 848. The molecule has 1 saturated heterocycles. The summed E-state index contributed by atoms with van der Waals surface area (Å²) in [6, 6.07) is 16.5. The van der Waals surface area contributed by atoms with Crippen LogP contribution in [0.2, 0.25) is 32.2 Å². The zero-order chi connectivity index (χ0) is 23.4. The summed E-state index contributed by atoms with van der Waals surface area (Å²) in [5.74, 6) is 1.14. The van der Waals surface area contributed by atoms with Crippen LogP contribution in [-0.2, 0) is 21.9 Å². The Morgan fingerprint density at radius 2 is 1.34 bits per heavy atom. The minimum Gasteiger partial charge on any atom is -0.508 e. The third kappa shape index (κ3) is 6.87. The van der Waals surface area contributed by atoms with Gasteiger partial charge < -0.3 is 26.3 Å². The van der Waals surface area contributed by atoms with Gasteiger partial charge in [-0.3, -0.25) is 0 Å². The van der Waals surface area contributed by atoms with E-state index in [1.54, 1.807) is 12.1 Å². The van der Waals surface area contributed by atoms with E-state index in [0.29, 0.717) is 6.61 Å². The average Bonchev–Trinajstić information content (AvgIpc) is 2.70. The molecule has 176 valence electrons. The minimum atomic E-state index is -2.29. The lowest BCUT2D eigenvalue weighted by atomic mass is 9.78. The van der Waals surface area contributed by atoms with Crippen molar-refractivity contribution in [3.63, 3.8) is 0 Å². The van der Waals surface area contributed by atoms with Crippen LogP contribution < -0.4 is 4.74 Å². The van der Waals surface area contributed by atoms with E-state index in [1.807, 2.05) is 24.3 Å². The highest BCUT2D eigenvalue weighted by Gasteiger charge is 2.39. The maximum absolute atomic E-state index is 9.56. The van der Waals surface area contributed by atoms with Crippen LogP contribution in [0.5, 0.6) is 11.5 Å². The summed E-state index contributed by atoms with van der Waals surface area (Å²) in [6.45, 7) is 13.3. The van der Waals surface area contributed by atoms with Crippen molar-refractivity contribution in [3.05, 3.63) is 59.7 Å². The van der Waals surface area contributed by atoms with Gasteiger partial charge in [0.2, 0.25) is 0 Å². The monoisotopic (exact) mass is 508 g/mol. The Hall–Kier alpha value is -1.25. The van der Waals surface area contributed by atoms with Crippen LogP contribution in [0.15, 0.2) is 48.5 Å². The molecule has 1 N–H and O–H groups in total. The lowest BCUT2D eigenvalue weighted by Gasteiger charge is -2.37. The van der Waals surface area contributed by atoms with Crippen LogP contribution in [0.1, 0.15) is 31.4 Å². The van der Waals surface area contributed by atoms with Crippen molar-refractivity contribution in [3.8, 4) is 11.5 Å². The molecule has 3 rings (SSSR count). The number of hydrogen-bond acceptors (Lipinski definition) is 6. The van der Waals surface area contributed by atoms with Crippen LogP contribution in [-0.4, -0.2) is 48.1 Å². The van der Waals surface area contributed by atoms with Gasteiger partial charge in [-0.25, -0.2) is 0 Å². The molecule has 1 aliphatic rings. The Morgan fingerprint density at radius 1 is 0.844 bits per heavy atom. The minimum absolute atomic E-state index is 0.162. The van der Waals surface area contributed by atoms with Crippen molar-refractivity contribution >= 4 is 36.4 Å². The first kappa shape index (κ1) is 25.4. The topological polar surface area (TPSA) is 66.4 Å². The maximum Gasteiger partial charge on any atom is 0.317 e. The summed E-state index contributed by atoms with van der Waals surface area (Å²) in [7, 11) is -7.29. The highest BCUT2D eigenvalue weighted by molar-refractivity contribution is 6.81. The summed E-state index contributed by atoms with van der Waals surface area (Å²) < 4.78 is 30.6. The molecule has 2 atom stereocenters. The lowest BCUT2D eigenvalue weighted by molar-refractivity contribution is 0.266. The SMILES string of the molecule is C[SiH]1O[SiH](C)O[Si](C)(CCCOc2ccc(C(C)(C)c3ccc(O)cc3)cc2)O[SiH](C)O1. The number of ether oxygens (including phenoxy) is 1. The van der Waals surface area contributed by atoms with Gasteiger partial charge in [-0.05, 0) is 74.0 Å². The molecule has 1 aliphatic heterocycles. The van der Waals surface area contributed by atoms with Gasteiger partial charge in [-0.15, -0.1) is 0 Å². The molecule has 0 aliphatic carbocycles. The molecule has 10 heteroatoms. The van der Waals surface area contributed by atoms with Crippen LogP contribution in [0.25, 0.3) is 0 Å². The average molecular weight is 509 g/mol. The molecule has 2 aromatic rings. The fourth-order valence-electron chi connectivity index (χ4n) is 4.07. The molecular weight excluding hydrogens is 473 g/mol. The lowest BCUT2D eigenvalue weighted by Crippen LogP contribution is -2.53. The molecule has 0 aromatic heterocycles. The quantitative estimate of drug-likeness (QED) is 0.447. The summed E-state index contributed by atoms with van der Waals surface area (Å²) in [4.78, 5) is 0. The van der Waals surface area contributed by atoms with E-state index in [1.165, 1.54) is 5.56 Å². The van der Waals surface area contributed by atoms with Crippen LogP contribution in [0.3, 0.4) is 0 Å². The smallest absolute Gasteiger partial charge is 0.317 e. The molecule has 2 unspecified atom stereocenters. The van der Waals surface area contributed by atoms with Crippen LogP contribution in [0, 0.1) is 0 Å². The van der Waals surface area contributed by atoms with Crippen molar-refractivity contribution in [1.82, 2.24) is 0 Å². The standard InChI is InChI=1S/C22H36O6Si4/c1-22(2,18-8-12-20(23)13-9-18)19-10-14-21(15-11-19)24-16-7-17-32(6)27-30(4)25-29(3)26-31(5)28-32/h8-15,23,29-31H,7,16-17H2,1-6H3. The summed E-state index contributed by atoms with van der Waals surface area (Å²) >= 11 is 0. The highest BCUT2D eigenvalue weighted by Crippen LogP contribution is 2.33. The van der Waals surface area contributed by atoms with Crippen molar-refractivity contribution in [2.75, 3.05) is 6.61 Å². The molecule has 0 amide bonds. The summed E-state index contributed by atoms with van der Waals surface area (Å²) in [5, 5.41) is 9.56. The number of rotatable bonds is 7. The second-order valence-corrected chi connectivity index (χ2v) is 19.2. The van der Waals surface area contributed by atoms with E-state index in [0.717, 1.165) is 23.8 Å². The summed E-state index contributed by atoms with van der Waals surface area (Å²) in [5.41, 5.74) is 2.19. The predicted molar refractivity (Wildman–Crippen MR) is 137 cm³/mol. The second-order valence-electron chi connectivity index (χ2n) is 8.99. The molecule has 32 heavy (non-hydrogen) atoms. The Balaban J connectivity index is 1.52. The zero-order valence-corrected chi connectivity index (χ0v) is 24.4. The largest absolute Gasteiger partial charge is 0.508 e. The molecule has 2 aromatic carbocycles. The van der Waals surface area contributed by atoms with Crippen molar-refractivity contribution < 1.29 is 26.3 Å². The number of phenols is 1. The van der Waals surface area contributed by atoms with Gasteiger partial charge in [0, 0.05) is 5.41 Å². The van der Waals surface area contributed by atoms with E-state index in [4.69, 9.17) is 21.2 Å². The van der Waals surface area contributed by atoms with Gasteiger partial charge in [0.15, 0.2) is 0 Å². The fraction of sp³-hybridized carbons (Fsp3) is 0.455. The normalized spacial score (nSPS) is 26.9. The summed E-state index contributed by atoms with van der Waals surface area (Å²) in [6.07, 6.45) is 0.874. The van der Waals surface area contributed by atoms with E-state index >= 15 is 0 Å². The van der Waals surface area contributed by atoms with Gasteiger partial charge in [0.1, 0.15) is 11.5 Å². The molecule has 1 fully saturated rings. The van der Waals surface area contributed by atoms with E-state index in [9.17, 15) is 5.11 Å². The van der Waals surface area contributed by atoms with Gasteiger partial charge in [-0.2, -0.15) is 0 Å². The van der Waals surface area contributed by atoms with Gasteiger partial charge in [-0.1, -0.05) is 38.1 Å². The molecule has 0 spiro atoms. The number of hydrogen-bond donors (Lipinski definition) is 1. The number of aromatic hydroxyl groups is 1. The third-order valence-electron chi connectivity index (χ3n) is 5.81. The first-order valence-corrected chi connectivity index (χ1v) is 20.1. The zero-order valence-electron chi connectivity index (χ0n) is 20.0. The van der Waals surface area contributed by atoms with Crippen molar-refractivity contribution in [2.45, 2.75) is 57.9 Å². The number of phenolic OH excluding ortho intramolecular Hbond substituents is 1. The molecule has 6 nitrogen and oxygen atoms in total. The third-order valence-corrected chi connectivity index (χ3v) is 19.8. The molecule has 0 radical (unpaired) electrons. The number of benzene rings is 2. The fourth-order valence-corrected chi connectivity index (χ4v) is 18.7. The van der Waals surface area contributed by atoms with E-state index < -0.39 is 36.4 Å². The maximum atomic E-state index is 9.56. The van der Waals surface area contributed by atoms with Crippen LogP contribution in [0.4, 0.5) is 0 Å². The van der Waals surface area contributed by atoms with Gasteiger partial charge >= 0.3 is 8.56 Å². The van der Waals surface area contributed by atoms with Crippen molar-refractivity contribution in [1.29, 1.82) is 0 Å². The van der Waals surface area contributed by atoms with E-state index in [-0.39, 0.29) is 11.2 Å². The highest BCUT2D eigenvalue weighted by atomic mass is 28.5. The first-order chi connectivity index (χ1) is 15.1. The molecule has 0 saturated carbocycles. The molecule has 1 heterocycles. The van der Waals surface area contributed by atoms with Gasteiger partial charge in [0.25, 0.3) is 27.9 Å². The Labute approximate surface area is 198 Å². The Morgan fingerprint density at radius 3 is 1.88 bits per heavy atom. The molecular formula is C22H36O6Si4. The van der Waals surface area contributed by atoms with E-state index in [2.05, 4.69) is 52.2 Å². The van der Waals surface area contributed by atoms with Gasteiger partial charge in [0.05, 0.1) is 6.61 Å². The Kier molecular flexibility index (Phi) is 8.55. The first-order valence-electron chi connectivity index (χ1n) is 11.3. The van der Waals surface area contributed by atoms with Crippen LogP contribution >= 0.6 is 0 Å². The van der Waals surface area contributed by atoms with Crippen molar-refractivity contribution in [2.24, 2.45) is 0 Å². The predicted octanol–water partition coefficient (Wildman–Crippen LogP) is 4.19.